The highest BCUT2D eigenvalue weighted by atomic mass is 16.2. The van der Waals surface area contributed by atoms with Crippen molar-refractivity contribution >= 4 is 5.91 Å². The summed E-state index contributed by atoms with van der Waals surface area (Å²) in [6.07, 6.45) is 5.16. The van der Waals surface area contributed by atoms with Crippen LogP contribution >= 0.6 is 0 Å². The molecule has 3 heteroatoms. The van der Waals surface area contributed by atoms with Crippen molar-refractivity contribution in [2.75, 3.05) is 13.1 Å². The maximum absolute atomic E-state index is 12.9. The molecule has 2 N–H and O–H groups in total. The van der Waals surface area contributed by atoms with Crippen molar-refractivity contribution in [1.29, 1.82) is 0 Å². The molecular weight excluding hydrogens is 260 g/mol. The van der Waals surface area contributed by atoms with Gasteiger partial charge >= 0.3 is 0 Å². The van der Waals surface area contributed by atoms with E-state index in [1.165, 1.54) is 0 Å². The van der Waals surface area contributed by atoms with Gasteiger partial charge in [-0.3, -0.25) is 4.79 Å². The maximum atomic E-state index is 12.9. The first kappa shape index (κ1) is 18.5. The Morgan fingerprint density at radius 3 is 2.00 bits per heavy atom. The van der Waals surface area contributed by atoms with Crippen molar-refractivity contribution in [3.8, 4) is 0 Å². The standard InChI is InChI=1S/C18H36N2O/c1-13(2)6-8-20(9-7-14(3)4)18(21)16-10-15(5)11-17(19)12-16/h13-17H,6-12,19H2,1-5H3. The third-order valence-electron chi connectivity index (χ3n) is 4.59. The van der Waals surface area contributed by atoms with Crippen LogP contribution in [0.15, 0.2) is 0 Å². The average Bonchev–Trinajstić information content (AvgIpc) is 2.36. The molecule has 0 aromatic carbocycles. The van der Waals surface area contributed by atoms with Crippen molar-refractivity contribution in [3.05, 3.63) is 0 Å². The highest BCUT2D eigenvalue weighted by Crippen LogP contribution is 2.29. The van der Waals surface area contributed by atoms with Crippen LogP contribution in [0.3, 0.4) is 0 Å². The lowest BCUT2D eigenvalue weighted by atomic mass is 9.79. The summed E-state index contributed by atoms with van der Waals surface area (Å²) in [6.45, 7) is 12.9. The van der Waals surface area contributed by atoms with E-state index in [4.69, 9.17) is 5.73 Å². The Kier molecular flexibility index (Phi) is 7.72. The van der Waals surface area contributed by atoms with Crippen LogP contribution in [0.5, 0.6) is 0 Å². The van der Waals surface area contributed by atoms with Gasteiger partial charge in [-0.1, -0.05) is 34.6 Å². The van der Waals surface area contributed by atoms with E-state index < -0.39 is 0 Å². The second-order valence-corrected chi connectivity index (χ2v) is 7.96. The lowest BCUT2D eigenvalue weighted by Gasteiger charge is -2.34. The van der Waals surface area contributed by atoms with Crippen molar-refractivity contribution in [2.45, 2.75) is 72.8 Å². The lowest BCUT2D eigenvalue weighted by Crippen LogP contribution is -2.43. The van der Waals surface area contributed by atoms with Gasteiger partial charge in [0.2, 0.25) is 5.91 Å². The normalized spacial score (nSPS) is 26.4. The van der Waals surface area contributed by atoms with Gasteiger partial charge in [0.1, 0.15) is 0 Å². The molecule has 3 unspecified atom stereocenters. The monoisotopic (exact) mass is 296 g/mol. The molecule has 0 bridgehead atoms. The first-order valence-corrected chi connectivity index (χ1v) is 8.83. The smallest absolute Gasteiger partial charge is 0.225 e. The molecule has 1 fully saturated rings. The number of rotatable bonds is 7. The van der Waals surface area contributed by atoms with Gasteiger partial charge in [0.25, 0.3) is 0 Å². The zero-order chi connectivity index (χ0) is 16.0. The minimum atomic E-state index is 0.156. The van der Waals surface area contributed by atoms with E-state index in [9.17, 15) is 4.79 Å². The van der Waals surface area contributed by atoms with E-state index in [0.29, 0.717) is 23.7 Å². The Balaban J connectivity index is 2.63. The highest BCUT2D eigenvalue weighted by molar-refractivity contribution is 5.79. The number of hydrogen-bond donors (Lipinski definition) is 1. The Morgan fingerprint density at radius 1 is 1.05 bits per heavy atom. The molecule has 124 valence electrons. The minimum Gasteiger partial charge on any atom is -0.342 e. The molecule has 1 amide bonds. The lowest BCUT2D eigenvalue weighted by molar-refractivity contribution is -0.137. The van der Waals surface area contributed by atoms with E-state index >= 15 is 0 Å². The predicted octanol–water partition coefficient (Wildman–Crippen LogP) is 3.67. The van der Waals surface area contributed by atoms with Crippen LogP contribution in [-0.4, -0.2) is 29.9 Å². The van der Waals surface area contributed by atoms with Crippen molar-refractivity contribution in [2.24, 2.45) is 29.4 Å². The summed E-state index contributed by atoms with van der Waals surface area (Å²) in [5.74, 6) is 2.39. The second kappa shape index (κ2) is 8.77. The Labute approximate surface area is 131 Å². The molecule has 0 saturated heterocycles. The Bertz CT molecular complexity index is 292. The summed E-state index contributed by atoms with van der Waals surface area (Å²) in [4.78, 5) is 15.0. The molecule has 0 aliphatic heterocycles. The zero-order valence-electron chi connectivity index (χ0n) is 14.8. The SMILES string of the molecule is CC(C)CCN(CCC(C)C)C(=O)C1CC(C)CC(N)C1. The average molecular weight is 296 g/mol. The molecule has 1 aliphatic carbocycles. The summed E-state index contributed by atoms with van der Waals surface area (Å²) >= 11 is 0. The molecule has 0 heterocycles. The molecule has 0 radical (unpaired) electrons. The van der Waals surface area contributed by atoms with Crippen LogP contribution in [0.1, 0.15) is 66.7 Å². The molecule has 1 saturated carbocycles. The van der Waals surface area contributed by atoms with E-state index in [2.05, 4.69) is 39.5 Å². The van der Waals surface area contributed by atoms with Crippen LogP contribution in [0.25, 0.3) is 0 Å². The molecule has 1 aliphatic rings. The van der Waals surface area contributed by atoms with Crippen LogP contribution < -0.4 is 5.73 Å². The van der Waals surface area contributed by atoms with Gasteiger partial charge in [-0.2, -0.15) is 0 Å². The third kappa shape index (κ3) is 6.82. The summed E-state index contributed by atoms with van der Waals surface area (Å²) in [7, 11) is 0. The topological polar surface area (TPSA) is 46.3 Å². The van der Waals surface area contributed by atoms with Crippen LogP contribution in [0, 0.1) is 23.7 Å². The van der Waals surface area contributed by atoms with Gasteiger partial charge in [0.15, 0.2) is 0 Å². The second-order valence-electron chi connectivity index (χ2n) is 7.96. The maximum Gasteiger partial charge on any atom is 0.225 e. The van der Waals surface area contributed by atoms with E-state index in [1.54, 1.807) is 0 Å². The van der Waals surface area contributed by atoms with Gasteiger partial charge < -0.3 is 10.6 Å². The number of amides is 1. The van der Waals surface area contributed by atoms with Crippen molar-refractivity contribution in [1.82, 2.24) is 4.90 Å². The van der Waals surface area contributed by atoms with Gasteiger partial charge in [0.05, 0.1) is 0 Å². The molecule has 1 rings (SSSR count). The first-order valence-electron chi connectivity index (χ1n) is 8.83. The largest absolute Gasteiger partial charge is 0.342 e. The van der Waals surface area contributed by atoms with Gasteiger partial charge in [0, 0.05) is 25.0 Å². The highest BCUT2D eigenvalue weighted by Gasteiger charge is 2.31. The number of carbonyl (C=O) groups is 1. The fourth-order valence-electron chi connectivity index (χ4n) is 3.28. The summed E-state index contributed by atoms with van der Waals surface area (Å²) in [6, 6.07) is 0.208. The summed E-state index contributed by atoms with van der Waals surface area (Å²) < 4.78 is 0. The summed E-state index contributed by atoms with van der Waals surface area (Å²) in [5.41, 5.74) is 6.13. The fraction of sp³-hybridized carbons (Fsp3) is 0.944. The first-order chi connectivity index (χ1) is 9.79. The summed E-state index contributed by atoms with van der Waals surface area (Å²) in [5, 5.41) is 0. The molecule has 0 spiro atoms. The van der Waals surface area contributed by atoms with Crippen molar-refractivity contribution < 1.29 is 4.79 Å². The quantitative estimate of drug-likeness (QED) is 0.779. The molecule has 21 heavy (non-hydrogen) atoms. The van der Waals surface area contributed by atoms with E-state index in [0.717, 1.165) is 45.2 Å². The van der Waals surface area contributed by atoms with Gasteiger partial charge in [-0.15, -0.1) is 0 Å². The van der Waals surface area contributed by atoms with Crippen LogP contribution in [0.2, 0.25) is 0 Å². The molecule has 0 aromatic rings. The fourth-order valence-corrected chi connectivity index (χ4v) is 3.28. The third-order valence-corrected chi connectivity index (χ3v) is 4.59. The molecule has 0 aromatic heterocycles. The van der Waals surface area contributed by atoms with Gasteiger partial charge in [-0.05, 0) is 49.9 Å². The zero-order valence-corrected chi connectivity index (χ0v) is 14.8. The number of nitrogens with zero attached hydrogens (tertiary/aromatic N) is 1. The van der Waals surface area contributed by atoms with Crippen LogP contribution in [-0.2, 0) is 4.79 Å². The number of carbonyl (C=O) groups excluding carboxylic acids is 1. The molecule has 3 atom stereocenters. The predicted molar refractivity (Wildman–Crippen MR) is 90.0 cm³/mol. The number of hydrogen-bond acceptors (Lipinski definition) is 2. The Hall–Kier alpha value is -0.570. The minimum absolute atomic E-state index is 0.156. The molecule has 3 nitrogen and oxygen atoms in total. The number of nitrogens with two attached hydrogens (primary N) is 1. The van der Waals surface area contributed by atoms with Gasteiger partial charge in [-0.25, -0.2) is 0 Å². The van der Waals surface area contributed by atoms with Crippen LogP contribution in [0.4, 0.5) is 0 Å². The Morgan fingerprint density at radius 2 is 1.57 bits per heavy atom. The molecular formula is C18H36N2O. The van der Waals surface area contributed by atoms with Crippen molar-refractivity contribution in [3.63, 3.8) is 0 Å². The van der Waals surface area contributed by atoms with E-state index in [1.807, 2.05) is 0 Å². The van der Waals surface area contributed by atoms with E-state index in [-0.39, 0.29) is 12.0 Å².